The number of nitrogens with zero attached hydrogens (tertiary/aromatic N) is 4. The molecule has 0 radical (unpaired) electrons. The zero-order valence-electron chi connectivity index (χ0n) is 18.1. The maximum atomic E-state index is 13.6. The first-order chi connectivity index (χ1) is 14.9. The largest absolute Gasteiger partial charge is 0.339 e. The highest BCUT2D eigenvalue weighted by Crippen LogP contribution is 2.45. The molecule has 0 saturated carbocycles. The molecule has 164 valence electrons. The lowest BCUT2D eigenvalue weighted by atomic mass is 9.75. The zero-order chi connectivity index (χ0) is 22.0. The van der Waals surface area contributed by atoms with Crippen LogP contribution in [-0.4, -0.2) is 57.3 Å². The van der Waals surface area contributed by atoms with Gasteiger partial charge in [-0.2, -0.15) is 0 Å². The summed E-state index contributed by atoms with van der Waals surface area (Å²) in [5, 5.41) is 0. The van der Waals surface area contributed by atoms with Gasteiger partial charge in [-0.3, -0.25) is 14.6 Å². The first-order valence-electron chi connectivity index (χ1n) is 11.0. The normalized spacial score (nSPS) is 20.6. The van der Waals surface area contributed by atoms with Crippen LogP contribution in [0.5, 0.6) is 0 Å². The van der Waals surface area contributed by atoms with Gasteiger partial charge in [0.25, 0.3) is 5.91 Å². The molecule has 2 aliphatic rings. The lowest BCUT2D eigenvalue weighted by Gasteiger charge is -2.37. The summed E-state index contributed by atoms with van der Waals surface area (Å²) in [6, 6.07) is 6.67. The molecule has 2 amide bonds. The highest BCUT2D eigenvalue weighted by molar-refractivity contribution is 5.92. The molecule has 1 atom stereocenters. The van der Waals surface area contributed by atoms with Crippen molar-refractivity contribution in [1.82, 2.24) is 19.8 Å². The van der Waals surface area contributed by atoms with Crippen LogP contribution in [-0.2, 0) is 11.2 Å². The molecule has 31 heavy (non-hydrogen) atoms. The Morgan fingerprint density at radius 1 is 1.19 bits per heavy atom. The number of carbonyl (C=O) groups is 2. The van der Waals surface area contributed by atoms with Crippen molar-refractivity contribution in [3.8, 4) is 0 Å². The second kappa shape index (κ2) is 8.73. The second-order valence-electron chi connectivity index (χ2n) is 9.20. The molecule has 1 unspecified atom stereocenters. The lowest BCUT2D eigenvalue weighted by molar-refractivity contribution is -0.139. The summed E-state index contributed by atoms with van der Waals surface area (Å²) < 4.78 is 13.3. The van der Waals surface area contributed by atoms with E-state index >= 15 is 0 Å². The van der Waals surface area contributed by atoms with Crippen molar-refractivity contribution in [2.75, 3.05) is 19.6 Å². The number of benzene rings is 1. The van der Waals surface area contributed by atoms with E-state index < -0.39 is 5.41 Å². The van der Waals surface area contributed by atoms with Crippen LogP contribution in [0.1, 0.15) is 49.2 Å². The van der Waals surface area contributed by atoms with Crippen LogP contribution in [0.4, 0.5) is 4.39 Å². The Morgan fingerprint density at radius 2 is 1.90 bits per heavy atom. The fraction of sp³-hybridized carbons (Fsp3) is 0.500. The van der Waals surface area contributed by atoms with Crippen molar-refractivity contribution in [3.63, 3.8) is 0 Å². The summed E-state index contributed by atoms with van der Waals surface area (Å²) in [5.41, 5.74) is 0.964. The average Bonchev–Trinajstić information content (AvgIpc) is 3.01. The first-order valence-corrected chi connectivity index (χ1v) is 11.0. The van der Waals surface area contributed by atoms with E-state index in [9.17, 15) is 14.0 Å². The lowest BCUT2D eigenvalue weighted by Crippen LogP contribution is -2.47. The van der Waals surface area contributed by atoms with Crippen LogP contribution in [0.15, 0.2) is 42.9 Å². The molecule has 0 N–H and O–H groups in total. The number of rotatable bonds is 5. The summed E-state index contributed by atoms with van der Waals surface area (Å²) in [5.74, 6) is 0.199. The molecule has 7 heteroatoms. The molecule has 3 heterocycles. The van der Waals surface area contributed by atoms with Crippen LogP contribution < -0.4 is 0 Å². The van der Waals surface area contributed by atoms with Crippen LogP contribution in [0.3, 0.4) is 0 Å². The van der Waals surface area contributed by atoms with Gasteiger partial charge in [-0.1, -0.05) is 26.0 Å². The molecular formula is C24H29FN4O2. The molecular weight excluding hydrogens is 395 g/mol. The van der Waals surface area contributed by atoms with Crippen molar-refractivity contribution < 1.29 is 14.0 Å². The molecule has 2 aliphatic heterocycles. The van der Waals surface area contributed by atoms with E-state index in [1.807, 2.05) is 4.90 Å². The maximum absolute atomic E-state index is 13.6. The van der Waals surface area contributed by atoms with Gasteiger partial charge < -0.3 is 9.80 Å². The van der Waals surface area contributed by atoms with Crippen molar-refractivity contribution in [2.24, 2.45) is 11.3 Å². The van der Waals surface area contributed by atoms with E-state index in [0.29, 0.717) is 44.1 Å². The summed E-state index contributed by atoms with van der Waals surface area (Å²) in [6.45, 7) is 6.04. The molecule has 2 fully saturated rings. The monoisotopic (exact) mass is 424 g/mol. The van der Waals surface area contributed by atoms with Crippen molar-refractivity contribution in [1.29, 1.82) is 0 Å². The summed E-state index contributed by atoms with van der Waals surface area (Å²) >= 11 is 0. The molecule has 4 rings (SSSR count). The van der Waals surface area contributed by atoms with Crippen LogP contribution >= 0.6 is 0 Å². The Bertz CT molecular complexity index is 924. The third kappa shape index (κ3) is 4.45. The minimum Gasteiger partial charge on any atom is -0.339 e. The molecule has 0 aliphatic carbocycles. The number of likely N-dealkylation sites (tertiary alicyclic amines) is 2. The Hall–Kier alpha value is -2.83. The molecule has 1 spiro atoms. The van der Waals surface area contributed by atoms with E-state index in [1.54, 1.807) is 23.2 Å². The average molecular weight is 425 g/mol. The van der Waals surface area contributed by atoms with Crippen molar-refractivity contribution >= 4 is 11.8 Å². The minimum atomic E-state index is -0.418. The van der Waals surface area contributed by atoms with Gasteiger partial charge in [0.2, 0.25) is 5.91 Å². The number of halogens is 1. The number of aromatic nitrogens is 2. The van der Waals surface area contributed by atoms with Crippen LogP contribution in [0.25, 0.3) is 0 Å². The number of hydrogen-bond acceptors (Lipinski definition) is 4. The fourth-order valence-corrected chi connectivity index (χ4v) is 4.95. The summed E-state index contributed by atoms with van der Waals surface area (Å²) in [6.07, 6.45) is 7.37. The predicted molar refractivity (Wildman–Crippen MR) is 115 cm³/mol. The highest BCUT2D eigenvalue weighted by atomic mass is 19.1. The van der Waals surface area contributed by atoms with Gasteiger partial charge in [0.05, 0.1) is 11.6 Å². The quantitative estimate of drug-likeness (QED) is 0.738. The Morgan fingerprint density at radius 3 is 2.52 bits per heavy atom. The van der Waals surface area contributed by atoms with E-state index in [4.69, 9.17) is 0 Å². The Kier molecular flexibility index (Phi) is 6.03. The summed E-state index contributed by atoms with van der Waals surface area (Å²) in [7, 11) is 0. The van der Waals surface area contributed by atoms with Gasteiger partial charge in [0.15, 0.2) is 0 Å². The molecule has 2 saturated heterocycles. The van der Waals surface area contributed by atoms with E-state index in [2.05, 4.69) is 23.8 Å². The van der Waals surface area contributed by atoms with Gasteiger partial charge >= 0.3 is 0 Å². The topological polar surface area (TPSA) is 66.4 Å². The predicted octanol–water partition coefficient (Wildman–Crippen LogP) is 3.34. The van der Waals surface area contributed by atoms with E-state index in [0.717, 1.165) is 18.4 Å². The summed E-state index contributed by atoms with van der Waals surface area (Å²) in [4.78, 5) is 38.2. The number of hydrogen-bond donors (Lipinski definition) is 0. The highest BCUT2D eigenvalue weighted by Gasteiger charge is 2.52. The molecule has 2 aromatic rings. The van der Waals surface area contributed by atoms with Crippen molar-refractivity contribution in [2.45, 2.75) is 45.6 Å². The van der Waals surface area contributed by atoms with Gasteiger partial charge in [0, 0.05) is 38.1 Å². The van der Waals surface area contributed by atoms with Gasteiger partial charge in [-0.05, 0) is 49.3 Å². The molecule has 1 aromatic carbocycles. The number of carbonyl (C=O) groups excluding carboxylic acids is 2. The molecule has 6 nitrogen and oxygen atoms in total. The zero-order valence-corrected chi connectivity index (χ0v) is 18.1. The van der Waals surface area contributed by atoms with E-state index in [-0.39, 0.29) is 23.7 Å². The molecule has 1 aromatic heterocycles. The third-order valence-corrected chi connectivity index (χ3v) is 6.52. The third-order valence-electron chi connectivity index (χ3n) is 6.52. The van der Waals surface area contributed by atoms with Gasteiger partial charge in [-0.15, -0.1) is 0 Å². The van der Waals surface area contributed by atoms with Gasteiger partial charge in [0.1, 0.15) is 11.5 Å². The van der Waals surface area contributed by atoms with E-state index in [1.165, 1.54) is 24.5 Å². The first kappa shape index (κ1) is 21.4. The van der Waals surface area contributed by atoms with Crippen molar-refractivity contribution in [3.05, 3.63) is 59.9 Å². The SMILES string of the molecule is CC(C)CN1C(=O)C2(CCN(C(=O)c3cnccn3)CC2)CC1Cc1ccc(F)cc1. The maximum Gasteiger partial charge on any atom is 0.274 e. The Labute approximate surface area is 182 Å². The fourth-order valence-electron chi connectivity index (χ4n) is 4.95. The Balaban J connectivity index is 1.48. The molecule has 0 bridgehead atoms. The second-order valence-corrected chi connectivity index (χ2v) is 9.20. The standard InChI is InChI=1S/C24H29FN4O2/c1-17(2)16-29-20(13-18-3-5-19(25)6-4-18)14-24(23(29)31)7-11-28(12-8-24)22(30)21-15-26-9-10-27-21/h3-6,9-10,15,17,20H,7-8,11-14,16H2,1-2H3. The smallest absolute Gasteiger partial charge is 0.274 e. The minimum absolute atomic E-state index is 0.0996. The van der Waals surface area contributed by atoms with Crippen LogP contribution in [0.2, 0.25) is 0 Å². The number of piperidine rings is 1. The number of amides is 2. The van der Waals surface area contributed by atoms with Gasteiger partial charge in [-0.25, -0.2) is 9.37 Å². The van der Waals surface area contributed by atoms with Crippen LogP contribution in [0, 0.1) is 17.2 Å².